The van der Waals surface area contributed by atoms with Crippen molar-refractivity contribution < 1.29 is 24.3 Å². The Balaban J connectivity index is 2.87. The molecule has 1 aliphatic heterocycles. The Kier molecular flexibility index (Phi) is 6.06. The van der Waals surface area contributed by atoms with Gasteiger partial charge in [0.05, 0.1) is 6.54 Å². The molecule has 0 saturated heterocycles. The number of aliphatic carboxylic acids is 1. The Labute approximate surface area is 131 Å². The number of hydrogen-bond donors (Lipinski definition) is 3. The number of hydrogen-bond acceptors (Lipinski definition) is 8. The van der Waals surface area contributed by atoms with E-state index < -0.39 is 23.5 Å². The van der Waals surface area contributed by atoms with Crippen molar-refractivity contribution in [3.05, 3.63) is 0 Å². The van der Waals surface area contributed by atoms with Crippen molar-refractivity contribution >= 4 is 40.3 Å². The molecule has 0 fully saturated rings. The molecule has 0 radical (unpaired) electrons. The van der Waals surface area contributed by atoms with E-state index in [0.29, 0.717) is 10.9 Å². The maximum absolute atomic E-state index is 11.7. The summed E-state index contributed by atoms with van der Waals surface area (Å²) in [5.41, 5.74) is 3.62. The summed E-state index contributed by atoms with van der Waals surface area (Å²) in [6, 6.07) is -0.611. The number of amidine groups is 1. The molecule has 9 nitrogen and oxygen atoms in total. The van der Waals surface area contributed by atoms with Crippen molar-refractivity contribution in [2.75, 3.05) is 12.3 Å². The van der Waals surface area contributed by atoms with Gasteiger partial charge in [-0.3, -0.25) is 14.6 Å². The number of rotatable bonds is 6. The monoisotopic (exact) mass is 330 g/mol. The van der Waals surface area contributed by atoms with Crippen LogP contribution in [0, 0.1) is 0 Å². The first-order valence-electron chi connectivity index (χ1n) is 6.38. The summed E-state index contributed by atoms with van der Waals surface area (Å²) in [7, 11) is 0. The number of ketones is 1. The molecule has 1 rings (SSSR count). The normalized spacial score (nSPS) is 18.6. The first kappa shape index (κ1) is 18.1. The second-order valence-electron chi connectivity index (χ2n) is 4.95. The number of carboxylic acids is 1. The highest BCUT2D eigenvalue weighted by atomic mass is 32.2. The summed E-state index contributed by atoms with van der Waals surface area (Å²) in [6.45, 7) is 3.74. The van der Waals surface area contributed by atoms with Gasteiger partial charge in [-0.15, -0.1) is 0 Å². The van der Waals surface area contributed by atoms with Gasteiger partial charge < -0.3 is 21.0 Å². The standard InChI is InChI=1S/C12H18N4O5S/c1-6(17)9(16-21-12(2,3)10(19)20)7-5-22-11(14-7)15-8(18)4-13/h7H,4-5,13H2,1-3H3,(H,19,20)(H,14,15,18)/b16-9+. The highest BCUT2D eigenvalue weighted by molar-refractivity contribution is 8.14. The van der Waals surface area contributed by atoms with E-state index in [0.717, 1.165) is 0 Å². The number of nitrogens with two attached hydrogens (primary N) is 1. The predicted octanol–water partition coefficient (Wildman–Crippen LogP) is -0.642. The van der Waals surface area contributed by atoms with Crippen LogP contribution in [0.1, 0.15) is 20.8 Å². The Morgan fingerprint density at radius 3 is 2.68 bits per heavy atom. The van der Waals surface area contributed by atoms with Gasteiger partial charge in [0.25, 0.3) is 0 Å². The number of nitrogens with one attached hydrogen (secondary N) is 1. The van der Waals surface area contributed by atoms with E-state index in [4.69, 9.17) is 15.7 Å². The number of carbonyl (C=O) groups is 3. The number of Topliss-reactive ketones (excluding diaryl/α,β-unsaturated/α-hetero) is 1. The zero-order chi connectivity index (χ0) is 16.9. The lowest BCUT2D eigenvalue weighted by Crippen LogP contribution is -2.35. The molecule has 1 atom stereocenters. The summed E-state index contributed by atoms with van der Waals surface area (Å²) in [5.74, 6) is -1.60. The lowest BCUT2D eigenvalue weighted by molar-refractivity contribution is -0.161. The number of nitrogens with zero attached hydrogens (tertiary/aromatic N) is 2. The molecule has 0 bridgehead atoms. The third-order valence-corrected chi connectivity index (χ3v) is 3.61. The first-order chi connectivity index (χ1) is 10.2. The molecule has 0 spiro atoms. The fraction of sp³-hybridized carbons (Fsp3) is 0.583. The van der Waals surface area contributed by atoms with E-state index in [1.807, 2.05) is 0 Å². The summed E-state index contributed by atoms with van der Waals surface area (Å²) in [5, 5.41) is 15.4. The van der Waals surface area contributed by atoms with Crippen molar-refractivity contribution in [3.63, 3.8) is 0 Å². The van der Waals surface area contributed by atoms with Crippen LogP contribution in [0.4, 0.5) is 0 Å². The quantitative estimate of drug-likeness (QED) is 0.434. The molecule has 22 heavy (non-hydrogen) atoms. The topological polar surface area (TPSA) is 143 Å². The van der Waals surface area contributed by atoms with Crippen LogP contribution >= 0.6 is 11.8 Å². The summed E-state index contributed by atoms with van der Waals surface area (Å²) >= 11 is 1.24. The zero-order valence-electron chi connectivity index (χ0n) is 12.5. The van der Waals surface area contributed by atoms with E-state index in [-0.39, 0.29) is 18.0 Å². The van der Waals surface area contributed by atoms with Crippen molar-refractivity contribution in [1.82, 2.24) is 5.32 Å². The van der Waals surface area contributed by atoms with Crippen LogP contribution in [0.5, 0.6) is 0 Å². The SMILES string of the molecule is CC(=O)/C(=N\OC(C)(C)C(=O)O)C1CSC(NC(=O)CN)=N1. The minimum Gasteiger partial charge on any atom is -0.478 e. The summed E-state index contributed by atoms with van der Waals surface area (Å²) in [6.07, 6.45) is 0. The average molecular weight is 330 g/mol. The minimum atomic E-state index is -1.56. The molecule has 10 heteroatoms. The molecule has 1 amide bonds. The Bertz CT molecular complexity index is 544. The minimum absolute atomic E-state index is 0.00109. The third kappa shape index (κ3) is 4.81. The van der Waals surface area contributed by atoms with Gasteiger partial charge in [-0.25, -0.2) is 4.79 Å². The van der Waals surface area contributed by atoms with Gasteiger partial charge in [-0.1, -0.05) is 16.9 Å². The number of carboxylic acid groups (broad SMARTS) is 1. The van der Waals surface area contributed by atoms with E-state index in [1.165, 1.54) is 32.5 Å². The van der Waals surface area contributed by atoms with Gasteiger partial charge in [0.2, 0.25) is 11.5 Å². The first-order valence-corrected chi connectivity index (χ1v) is 7.37. The second-order valence-corrected chi connectivity index (χ2v) is 5.96. The molecule has 0 saturated carbocycles. The molecule has 4 N–H and O–H groups in total. The fourth-order valence-corrected chi connectivity index (χ4v) is 2.25. The van der Waals surface area contributed by atoms with Crippen LogP contribution in [0.3, 0.4) is 0 Å². The molecule has 1 unspecified atom stereocenters. The Morgan fingerprint density at radius 2 is 2.18 bits per heavy atom. The number of oxime groups is 1. The number of carbonyl (C=O) groups excluding carboxylic acids is 2. The molecule has 122 valence electrons. The summed E-state index contributed by atoms with van der Waals surface area (Å²) in [4.78, 5) is 42.9. The lowest BCUT2D eigenvalue weighted by atomic mass is 10.1. The predicted molar refractivity (Wildman–Crippen MR) is 81.8 cm³/mol. The fourth-order valence-electron chi connectivity index (χ4n) is 1.31. The summed E-state index contributed by atoms with van der Waals surface area (Å²) < 4.78 is 0. The van der Waals surface area contributed by atoms with Gasteiger partial charge in [0, 0.05) is 12.7 Å². The van der Waals surface area contributed by atoms with Gasteiger partial charge in [0.1, 0.15) is 11.8 Å². The van der Waals surface area contributed by atoms with Crippen LogP contribution in [-0.2, 0) is 19.2 Å². The number of amides is 1. The van der Waals surface area contributed by atoms with Crippen LogP contribution in [0.15, 0.2) is 10.1 Å². The van der Waals surface area contributed by atoms with E-state index in [1.54, 1.807) is 0 Å². The largest absolute Gasteiger partial charge is 0.478 e. The molecule has 0 aromatic carbocycles. The highest BCUT2D eigenvalue weighted by Gasteiger charge is 2.32. The van der Waals surface area contributed by atoms with Crippen LogP contribution in [0.25, 0.3) is 0 Å². The third-order valence-electron chi connectivity index (χ3n) is 2.65. The van der Waals surface area contributed by atoms with Crippen molar-refractivity contribution in [3.8, 4) is 0 Å². The van der Waals surface area contributed by atoms with E-state index >= 15 is 0 Å². The lowest BCUT2D eigenvalue weighted by Gasteiger charge is -2.17. The molecule has 0 aliphatic carbocycles. The van der Waals surface area contributed by atoms with Crippen molar-refractivity contribution in [2.45, 2.75) is 32.4 Å². The van der Waals surface area contributed by atoms with Crippen LogP contribution in [0.2, 0.25) is 0 Å². The van der Waals surface area contributed by atoms with E-state index in [9.17, 15) is 14.4 Å². The molecule has 0 aromatic heterocycles. The maximum Gasteiger partial charge on any atom is 0.350 e. The number of thioether (sulfide) groups is 1. The molecule has 1 aliphatic rings. The highest BCUT2D eigenvalue weighted by Crippen LogP contribution is 2.19. The molecular weight excluding hydrogens is 312 g/mol. The zero-order valence-corrected chi connectivity index (χ0v) is 13.3. The Hall–Kier alpha value is -1.94. The van der Waals surface area contributed by atoms with Crippen LogP contribution < -0.4 is 11.1 Å². The molecular formula is C12H18N4O5S. The van der Waals surface area contributed by atoms with Gasteiger partial charge in [-0.05, 0) is 13.8 Å². The molecule has 1 heterocycles. The Morgan fingerprint density at radius 1 is 1.55 bits per heavy atom. The average Bonchev–Trinajstić information content (AvgIpc) is 2.86. The van der Waals surface area contributed by atoms with E-state index in [2.05, 4.69) is 15.5 Å². The molecule has 0 aromatic rings. The van der Waals surface area contributed by atoms with Crippen molar-refractivity contribution in [1.29, 1.82) is 0 Å². The van der Waals surface area contributed by atoms with Gasteiger partial charge in [0.15, 0.2) is 11.0 Å². The van der Waals surface area contributed by atoms with Gasteiger partial charge >= 0.3 is 5.97 Å². The van der Waals surface area contributed by atoms with Crippen molar-refractivity contribution in [2.24, 2.45) is 15.9 Å². The second kappa shape index (κ2) is 7.36. The van der Waals surface area contributed by atoms with Crippen LogP contribution in [-0.4, -0.2) is 57.6 Å². The number of aliphatic imine (C=N–C) groups is 1. The smallest absolute Gasteiger partial charge is 0.350 e. The maximum atomic E-state index is 11.7. The van der Waals surface area contributed by atoms with Gasteiger partial charge in [-0.2, -0.15) is 0 Å².